The molecule has 1 amide bonds. The van der Waals surface area contributed by atoms with E-state index in [0.717, 1.165) is 16.6 Å². The van der Waals surface area contributed by atoms with E-state index in [1.165, 1.54) is 11.3 Å². The minimum absolute atomic E-state index is 0.112. The fourth-order valence-electron chi connectivity index (χ4n) is 2.83. The van der Waals surface area contributed by atoms with Crippen molar-refractivity contribution in [1.29, 1.82) is 0 Å². The predicted molar refractivity (Wildman–Crippen MR) is 114 cm³/mol. The molecule has 0 bridgehead atoms. The molecule has 4 aromatic rings. The Labute approximate surface area is 170 Å². The lowest BCUT2D eigenvalue weighted by Gasteiger charge is -2.03. The van der Waals surface area contributed by atoms with Crippen LogP contribution in [0.3, 0.4) is 0 Å². The van der Waals surface area contributed by atoms with Gasteiger partial charge in [0.25, 0.3) is 0 Å². The first-order valence-electron chi connectivity index (χ1n) is 8.96. The number of benzene rings is 2. The Bertz CT molecular complexity index is 1260. The molecule has 6 nitrogen and oxygen atoms in total. The standard InChI is InChI=1S/C22H17N3O3S/c1-14(17-11-16-9-5-6-10-19(16)28-22(17)27)24-25-20(26)12-21-23-18(13-29-21)15-7-3-2-4-8-15/h2-11,13H,12H2,1H3,(H,25,26)/b24-14-. The zero-order chi connectivity index (χ0) is 20.2. The summed E-state index contributed by atoms with van der Waals surface area (Å²) in [7, 11) is 0. The molecule has 4 rings (SSSR count). The number of nitrogens with zero attached hydrogens (tertiary/aromatic N) is 2. The molecule has 0 aliphatic rings. The van der Waals surface area contributed by atoms with Crippen molar-refractivity contribution in [3.63, 3.8) is 0 Å². The average molecular weight is 403 g/mol. The summed E-state index contributed by atoms with van der Waals surface area (Å²) in [4.78, 5) is 28.9. The third-order valence-corrected chi connectivity index (χ3v) is 5.16. The summed E-state index contributed by atoms with van der Waals surface area (Å²) >= 11 is 1.42. The largest absolute Gasteiger partial charge is 0.422 e. The molecule has 0 atom stereocenters. The molecular formula is C22H17N3O3S. The molecular weight excluding hydrogens is 386 g/mol. The van der Waals surface area contributed by atoms with Crippen molar-refractivity contribution in [2.24, 2.45) is 5.10 Å². The molecule has 7 heteroatoms. The molecule has 0 unspecified atom stereocenters. The van der Waals surface area contributed by atoms with E-state index in [-0.39, 0.29) is 12.3 Å². The number of carbonyl (C=O) groups is 1. The van der Waals surface area contributed by atoms with Crippen LogP contribution in [0.5, 0.6) is 0 Å². The summed E-state index contributed by atoms with van der Waals surface area (Å²) in [6, 6.07) is 18.7. The summed E-state index contributed by atoms with van der Waals surface area (Å²) in [5, 5.41) is 7.47. The van der Waals surface area contributed by atoms with Gasteiger partial charge >= 0.3 is 5.63 Å². The minimum Gasteiger partial charge on any atom is -0.422 e. The number of aromatic nitrogens is 1. The Morgan fingerprint density at radius 1 is 1.14 bits per heavy atom. The number of carbonyl (C=O) groups excluding carboxylic acids is 1. The van der Waals surface area contributed by atoms with Crippen LogP contribution in [0.4, 0.5) is 0 Å². The number of thiazole rings is 1. The molecule has 0 saturated carbocycles. The van der Waals surface area contributed by atoms with Gasteiger partial charge in [0.05, 0.1) is 23.4 Å². The van der Waals surface area contributed by atoms with Crippen molar-refractivity contribution < 1.29 is 9.21 Å². The van der Waals surface area contributed by atoms with E-state index in [9.17, 15) is 9.59 Å². The second-order valence-corrected chi connectivity index (χ2v) is 7.33. The lowest BCUT2D eigenvalue weighted by atomic mass is 10.1. The third-order valence-electron chi connectivity index (χ3n) is 4.31. The molecule has 0 aliphatic heterocycles. The maximum absolute atomic E-state index is 12.2. The van der Waals surface area contributed by atoms with Gasteiger partial charge in [0, 0.05) is 16.3 Å². The van der Waals surface area contributed by atoms with E-state index >= 15 is 0 Å². The van der Waals surface area contributed by atoms with Crippen LogP contribution >= 0.6 is 11.3 Å². The van der Waals surface area contributed by atoms with E-state index in [0.29, 0.717) is 21.9 Å². The van der Waals surface area contributed by atoms with Crippen LogP contribution < -0.4 is 11.1 Å². The molecule has 0 radical (unpaired) electrons. The summed E-state index contributed by atoms with van der Waals surface area (Å²) in [5.74, 6) is -0.302. The fraction of sp³-hybridized carbons (Fsp3) is 0.0909. The molecule has 1 N–H and O–H groups in total. The van der Waals surface area contributed by atoms with Crippen LogP contribution in [-0.4, -0.2) is 16.6 Å². The van der Waals surface area contributed by atoms with Crippen LogP contribution in [0.1, 0.15) is 17.5 Å². The van der Waals surface area contributed by atoms with Crippen LogP contribution in [0.25, 0.3) is 22.2 Å². The van der Waals surface area contributed by atoms with E-state index < -0.39 is 5.63 Å². The van der Waals surface area contributed by atoms with Gasteiger partial charge in [-0.05, 0) is 19.1 Å². The van der Waals surface area contributed by atoms with Gasteiger partial charge in [-0.1, -0.05) is 48.5 Å². The van der Waals surface area contributed by atoms with E-state index in [1.807, 2.05) is 47.8 Å². The first kappa shape index (κ1) is 18.8. The van der Waals surface area contributed by atoms with Gasteiger partial charge in [-0.2, -0.15) is 5.10 Å². The third kappa shape index (κ3) is 4.30. The number of nitrogens with one attached hydrogen (secondary N) is 1. The molecule has 144 valence electrons. The highest BCUT2D eigenvalue weighted by Crippen LogP contribution is 2.21. The number of para-hydroxylation sites is 1. The Kier molecular flexibility index (Phi) is 5.31. The van der Waals surface area contributed by atoms with Crippen molar-refractivity contribution in [3.8, 4) is 11.3 Å². The Morgan fingerprint density at radius 2 is 1.90 bits per heavy atom. The van der Waals surface area contributed by atoms with Gasteiger partial charge in [0.15, 0.2) is 0 Å². The van der Waals surface area contributed by atoms with Gasteiger partial charge in [-0.15, -0.1) is 11.3 Å². The zero-order valence-corrected chi connectivity index (χ0v) is 16.4. The highest BCUT2D eigenvalue weighted by Gasteiger charge is 2.11. The maximum atomic E-state index is 12.2. The smallest absolute Gasteiger partial charge is 0.345 e. The molecule has 2 aromatic heterocycles. The lowest BCUT2D eigenvalue weighted by Crippen LogP contribution is -2.22. The van der Waals surface area contributed by atoms with Crippen molar-refractivity contribution in [2.45, 2.75) is 13.3 Å². The number of rotatable bonds is 5. The van der Waals surface area contributed by atoms with Crippen molar-refractivity contribution >= 4 is 33.9 Å². The monoisotopic (exact) mass is 403 g/mol. The first-order valence-corrected chi connectivity index (χ1v) is 9.84. The Balaban J connectivity index is 1.45. The normalized spacial score (nSPS) is 11.6. The van der Waals surface area contributed by atoms with Crippen molar-refractivity contribution in [3.05, 3.63) is 87.0 Å². The van der Waals surface area contributed by atoms with E-state index in [4.69, 9.17) is 4.42 Å². The summed E-state index contributed by atoms with van der Waals surface area (Å²) in [6.07, 6.45) is 0.112. The summed E-state index contributed by atoms with van der Waals surface area (Å²) in [6.45, 7) is 1.65. The molecule has 2 heterocycles. The first-order chi connectivity index (χ1) is 14.1. The van der Waals surface area contributed by atoms with Gasteiger partial charge in [0.2, 0.25) is 5.91 Å². The summed E-state index contributed by atoms with van der Waals surface area (Å²) < 4.78 is 5.30. The molecule has 0 saturated heterocycles. The second kappa shape index (κ2) is 8.20. The topological polar surface area (TPSA) is 84.6 Å². The zero-order valence-electron chi connectivity index (χ0n) is 15.6. The molecule has 2 aromatic carbocycles. The van der Waals surface area contributed by atoms with Crippen molar-refractivity contribution in [1.82, 2.24) is 10.4 Å². The number of hydrogen-bond acceptors (Lipinski definition) is 6. The average Bonchev–Trinajstić information content (AvgIpc) is 3.20. The maximum Gasteiger partial charge on any atom is 0.345 e. The number of hydrazone groups is 1. The number of amides is 1. The lowest BCUT2D eigenvalue weighted by molar-refractivity contribution is -0.120. The SMILES string of the molecule is C/C(=N/NC(=O)Cc1nc(-c2ccccc2)cs1)c1cc2ccccc2oc1=O. The molecule has 0 fully saturated rings. The highest BCUT2D eigenvalue weighted by atomic mass is 32.1. The Hall–Kier alpha value is -3.58. The van der Waals surface area contributed by atoms with Crippen molar-refractivity contribution in [2.75, 3.05) is 0 Å². The minimum atomic E-state index is -0.494. The van der Waals surface area contributed by atoms with Gasteiger partial charge in [0.1, 0.15) is 10.6 Å². The van der Waals surface area contributed by atoms with Crippen LogP contribution in [0.2, 0.25) is 0 Å². The van der Waals surface area contributed by atoms with Crippen LogP contribution in [-0.2, 0) is 11.2 Å². The second-order valence-electron chi connectivity index (χ2n) is 6.39. The van der Waals surface area contributed by atoms with Gasteiger partial charge in [-0.3, -0.25) is 4.79 Å². The van der Waals surface area contributed by atoms with Crippen LogP contribution in [0, 0.1) is 0 Å². The van der Waals surface area contributed by atoms with E-state index in [1.54, 1.807) is 25.1 Å². The molecule has 0 aliphatic carbocycles. The predicted octanol–water partition coefficient (Wildman–Crippen LogP) is 4.00. The Morgan fingerprint density at radius 3 is 2.72 bits per heavy atom. The number of hydrogen-bond donors (Lipinski definition) is 1. The quantitative estimate of drug-likeness (QED) is 0.310. The van der Waals surface area contributed by atoms with E-state index in [2.05, 4.69) is 15.5 Å². The van der Waals surface area contributed by atoms with Gasteiger partial charge < -0.3 is 4.42 Å². The fourth-order valence-corrected chi connectivity index (χ4v) is 3.63. The highest BCUT2D eigenvalue weighted by molar-refractivity contribution is 7.10. The van der Waals surface area contributed by atoms with Crippen LogP contribution in [0.15, 0.2) is 80.4 Å². The molecule has 0 spiro atoms. The molecule has 29 heavy (non-hydrogen) atoms. The summed E-state index contributed by atoms with van der Waals surface area (Å²) in [5.41, 5.74) is 5.04. The van der Waals surface area contributed by atoms with Gasteiger partial charge in [-0.25, -0.2) is 15.2 Å². The number of fused-ring (bicyclic) bond motifs is 1.